The van der Waals surface area contributed by atoms with Crippen molar-refractivity contribution in [1.29, 1.82) is 5.26 Å². The van der Waals surface area contributed by atoms with Crippen molar-refractivity contribution in [2.45, 2.75) is 32.3 Å². The number of rotatable bonds is 8. The van der Waals surface area contributed by atoms with Gasteiger partial charge in [0.05, 0.1) is 37.1 Å². The summed E-state index contributed by atoms with van der Waals surface area (Å²) in [6.07, 6.45) is 0.268. The maximum absolute atomic E-state index is 13.4. The first-order chi connectivity index (χ1) is 17.0. The first-order valence-electron chi connectivity index (χ1n) is 11.7. The zero-order valence-electron chi connectivity index (χ0n) is 20.4. The number of ether oxygens (including phenoxy) is 1. The highest BCUT2D eigenvalue weighted by molar-refractivity contribution is 7.99. The third kappa shape index (κ3) is 5.84. The van der Waals surface area contributed by atoms with Gasteiger partial charge in [-0.15, -0.1) is 10.2 Å². The molecule has 0 radical (unpaired) electrons. The van der Waals surface area contributed by atoms with Crippen molar-refractivity contribution in [3.63, 3.8) is 0 Å². The van der Waals surface area contributed by atoms with E-state index in [4.69, 9.17) is 10.00 Å². The van der Waals surface area contributed by atoms with Crippen molar-refractivity contribution >= 4 is 29.3 Å². The Morgan fingerprint density at radius 2 is 1.83 bits per heavy atom. The van der Waals surface area contributed by atoms with Gasteiger partial charge in [-0.2, -0.15) is 5.26 Å². The van der Waals surface area contributed by atoms with E-state index in [2.05, 4.69) is 40.2 Å². The largest absolute Gasteiger partial charge is 0.378 e. The van der Waals surface area contributed by atoms with Gasteiger partial charge in [0.2, 0.25) is 11.9 Å². The summed E-state index contributed by atoms with van der Waals surface area (Å²) >= 11 is 1.37. The molecule has 0 aliphatic carbocycles. The molecule has 1 aromatic heterocycles. The van der Waals surface area contributed by atoms with Crippen LogP contribution in [0.4, 0.5) is 11.6 Å². The highest BCUT2D eigenvalue weighted by Crippen LogP contribution is 2.29. The van der Waals surface area contributed by atoms with E-state index >= 15 is 0 Å². The molecule has 1 saturated heterocycles. The number of carbonyl (C=O) groups is 1. The van der Waals surface area contributed by atoms with Gasteiger partial charge in [-0.25, -0.2) is 0 Å². The molecule has 0 atom stereocenters. The van der Waals surface area contributed by atoms with Crippen LogP contribution in [0.5, 0.6) is 0 Å². The van der Waals surface area contributed by atoms with Crippen molar-refractivity contribution in [1.82, 2.24) is 14.8 Å². The molecule has 8 nitrogen and oxygen atoms in total. The average Bonchev–Trinajstić information content (AvgIpc) is 3.27. The zero-order chi connectivity index (χ0) is 24.8. The number of aryl methyl sites for hydroxylation is 3. The van der Waals surface area contributed by atoms with Crippen LogP contribution in [0.2, 0.25) is 0 Å². The van der Waals surface area contributed by atoms with Crippen LogP contribution >= 0.6 is 11.8 Å². The molecule has 35 heavy (non-hydrogen) atoms. The Kier molecular flexibility index (Phi) is 8.06. The molecule has 1 fully saturated rings. The molecule has 2 heterocycles. The number of benzene rings is 2. The molecule has 0 unspecified atom stereocenters. The second-order valence-corrected chi connectivity index (χ2v) is 9.53. The topological polar surface area (TPSA) is 87.3 Å². The van der Waals surface area contributed by atoms with Crippen LogP contribution < -0.4 is 9.80 Å². The van der Waals surface area contributed by atoms with E-state index in [9.17, 15) is 4.79 Å². The number of anilines is 2. The van der Waals surface area contributed by atoms with Crippen LogP contribution in [0.1, 0.15) is 23.1 Å². The summed E-state index contributed by atoms with van der Waals surface area (Å²) in [4.78, 5) is 17.3. The van der Waals surface area contributed by atoms with Gasteiger partial charge in [0.15, 0.2) is 5.16 Å². The van der Waals surface area contributed by atoms with Crippen LogP contribution in [-0.4, -0.2) is 59.3 Å². The van der Waals surface area contributed by atoms with E-state index < -0.39 is 0 Å². The number of morpholine rings is 1. The Morgan fingerprint density at radius 1 is 1.11 bits per heavy atom. The number of thioether (sulfide) groups is 1. The fourth-order valence-corrected chi connectivity index (χ4v) is 5.04. The first-order valence-corrected chi connectivity index (χ1v) is 12.7. The lowest BCUT2D eigenvalue weighted by atomic mass is 10.1. The summed E-state index contributed by atoms with van der Waals surface area (Å²) in [5.41, 5.74) is 5.07. The summed E-state index contributed by atoms with van der Waals surface area (Å²) in [7, 11) is 0. The number of nitrogens with zero attached hydrogens (tertiary/aromatic N) is 6. The number of amides is 1. The van der Waals surface area contributed by atoms with Gasteiger partial charge in [-0.3, -0.25) is 9.36 Å². The molecule has 1 aliphatic rings. The monoisotopic (exact) mass is 490 g/mol. The van der Waals surface area contributed by atoms with Gasteiger partial charge in [0, 0.05) is 25.3 Å². The maximum atomic E-state index is 13.4. The zero-order valence-corrected chi connectivity index (χ0v) is 21.2. The lowest BCUT2D eigenvalue weighted by Crippen LogP contribution is -2.38. The predicted molar refractivity (Wildman–Crippen MR) is 138 cm³/mol. The second kappa shape index (κ2) is 11.4. The fourth-order valence-electron chi connectivity index (χ4n) is 4.22. The summed E-state index contributed by atoms with van der Waals surface area (Å²) in [6.45, 7) is 9.19. The molecule has 1 aliphatic heterocycles. The molecular formula is C26H30N6O2S. The normalized spacial score (nSPS) is 13.5. The molecule has 0 N–H and O–H groups in total. The average molecular weight is 491 g/mol. The van der Waals surface area contributed by atoms with Crippen molar-refractivity contribution in [3.8, 4) is 11.8 Å². The van der Waals surface area contributed by atoms with E-state index in [0.29, 0.717) is 24.9 Å². The summed E-state index contributed by atoms with van der Waals surface area (Å²) in [6, 6.07) is 16.3. The van der Waals surface area contributed by atoms with E-state index in [0.717, 1.165) is 47.1 Å². The highest BCUT2D eigenvalue weighted by Gasteiger charge is 2.24. The van der Waals surface area contributed by atoms with Crippen LogP contribution in [0, 0.1) is 32.1 Å². The van der Waals surface area contributed by atoms with E-state index in [1.54, 1.807) is 4.90 Å². The lowest BCUT2D eigenvalue weighted by molar-refractivity contribution is -0.116. The standard InChI is InChI=1S/C26H30N6O2S/c1-19-15-20(2)17-22(16-19)31(10-6-9-27)24(33)18-35-26-29-28-25(30-11-13-34-14-12-30)32(26)23-8-5-4-7-21(23)3/h4-5,7-8,15-17H,6,10-14,18H2,1-3H3. The van der Waals surface area contributed by atoms with Crippen LogP contribution in [0.3, 0.4) is 0 Å². The number of nitriles is 1. The molecule has 0 saturated carbocycles. The first kappa shape index (κ1) is 24.8. The number of hydrogen-bond donors (Lipinski definition) is 0. The summed E-state index contributed by atoms with van der Waals surface area (Å²) in [5, 5.41) is 18.8. The Morgan fingerprint density at radius 3 is 2.51 bits per heavy atom. The fraction of sp³-hybridized carbons (Fsp3) is 0.385. The Labute approximate surface area is 210 Å². The summed E-state index contributed by atoms with van der Waals surface area (Å²) in [5.74, 6) is 0.877. The van der Waals surface area contributed by atoms with Crippen molar-refractivity contribution in [2.24, 2.45) is 0 Å². The molecule has 9 heteroatoms. The number of hydrogen-bond acceptors (Lipinski definition) is 7. The third-order valence-corrected chi connectivity index (χ3v) is 6.77. The Hall–Kier alpha value is -3.35. The van der Waals surface area contributed by atoms with Gasteiger partial charge in [0.1, 0.15) is 0 Å². The van der Waals surface area contributed by atoms with Gasteiger partial charge in [-0.1, -0.05) is 36.0 Å². The molecule has 2 aromatic carbocycles. The van der Waals surface area contributed by atoms with Gasteiger partial charge in [-0.05, 0) is 55.7 Å². The minimum absolute atomic E-state index is 0.0671. The molecule has 1 amide bonds. The van der Waals surface area contributed by atoms with E-state index in [-0.39, 0.29) is 18.1 Å². The van der Waals surface area contributed by atoms with Gasteiger partial charge < -0.3 is 14.5 Å². The number of aromatic nitrogens is 3. The van der Waals surface area contributed by atoms with Crippen molar-refractivity contribution < 1.29 is 9.53 Å². The minimum Gasteiger partial charge on any atom is -0.378 e. The lowest BCUT2D eigenvalue weighted by Gasteiger charge is -2.28. The third-order valence-electron chi connectivity index (χ3n) is 5.86. The second-order valence-electron chi connectivity index (χ2n) is 8.59. The number of para-hydroxylation sites is 1. The Bertz CT molecular complexity index is 1210. The smallest absolute Gasteiger partial charge is 0.237 e. The van der Waals surface area contributed by atoms with E-state index in [1.807, 2.05) is 48.7 Å². The summed E-state index contributed by atoms with van der Waals surface area (Å²) < 4.78 is 7.55. The Balaban J connectivity index is 1.61. The van der Waals surface area contributed by atoms with Gasteiger partial charge in [0.25, 0.3) is 0 Å². The molecule has 0 spiro atoms. The molecular weight excluding hydrogens is 460 g/mol. The highest BCUT2D eigenvalue weighted by atomic mass is 32.2. The quantitative estimate of drug-likeness (QED) is 0.440. The molecule has 3 aromatic rings. The predicted octanol–water partition coefficient (Wildman–Crippen LogP) is 4.07. The van der Waals surface area contributed by atoms with Crippen LogP contribution in [0.15, 0.2) is 47.6 Å². The van der Waals surface area contributed by atoms with Crippen molar-refractivity contribution in [3.05, 3.63) is 59.2 Å². The SMILES string of the molecule is Cc1cc(C)cc(N(CCC#N)C(=O)CSc2nnc(N3CCOCC3)n2-c2ccccc2C)c1. The molecule has 182 valence electrons. The number of carbonyl (C=O) groups excluding carboxylic acids is 1. The van der Waals surface area contributed by atoms with Gasteiger partial charge >= 0.3 is 0 Å². The maximum Gasteiger partial charge on any atom is 0.237 e. The minimum atomic E-state index is -0.0671. The van der Waals surface area contributed by atoms with Crippen LogP contribution in [-0.2, 0) is 9.53 Å². The molecule has 0 bridgehead atoms. The van der Waals surface area contributed by atoms with Crippen LogP contribution in [0.25, 0.3) is 5.69 Å². The molecule has 4 rings (SSSR count). The van der Waals surface area contributed by atoms with Crippen molar-refractivity contribution in [2.75, 3.05) is 48.4 Å². The van der Waals surface area contributed by atoms with E-state index in [1.165, 1.54) is 11.8 Å².